The van der Waals surface area contributed by atoms with Gasteiger partial charge in [0.25, 0.3) is 0 Å². The molecule has 2 heterocycles. The number of methoxy groups -OCH3 is 2. The molecule has 0 N–H and O–H groups in total. The summed E-state index contributed by atoms with van der Waals surface area (Å²) in [6.45, 7) is 2.00. The molecule has 0 saturated carbocycles. The first-order chi connectivity index (χ1) is 9.07. The van der Waals surface area contributed by atoms with Crippen molar-refractivity contribution in [3.05, 3.63) is 29.3 Å². The van der Waals surface area contributed by atoms with Gasteiger partial charge in [0.1, 0.15) is 5.75 Å². The van der Waals surface area contributed by atoms with E-state index in [-0.39, 0.29) is 18.0 Å². The lowest BCUT2D eigenvalue weighted by Crippen LogP contribution is -2.40. The van der Waals surface area contributed by atoms with Crippen LogP contribution in [-0.4, -0.2) is 25.8 Å². The summed E-state index contributed by atoms with van der Waals surface area (Å²) in [6.07, 6.45) is 1.39. The van der Waals surface area contributed by atoms with Crippen LogP contribution in [0.1, 0.15) is 30.6 Å². The summed E-state index contributed by atoms with van der Waals surface area (Å²) in [7, 11) is 3.09. The number of fused-ring (bicyclic) bond motifs is 4. The Bertz CT molecular complexity index is 525. The van der Waals surface area contributed by atoms with Crippen molar-refractivity contribution in [2.24, 2.45) is 5.92 Å². The lowest BCUT2D eigenvalue weighted by molar-refractivity contribution is -0.152. The molecule has 0 unspecified atom stereocenters. The number of rotatable bonds is 2. The zero-order chi connectivity index (χ0) is 13.6. The van der Waals surface area contributed by atoms with Gasteiger partial charge in [0.2, 0.25) is 0 Å². The Morgan fingerprint density at radius 3 is 2.89 bits per heavy atom. The largest absolute Gasteiger partial charge is 0.497 e. The molecule has 3 atom stereocenters. The Morgan fingerprint density at radius 1 is 1.42 bits per heavy atom. The maximum absolute atomic E-state index is 11.9. The summed E-state index contributed by atoms with van der Waals surface area (Å²) < 4.78 is 16.3. The average Bonchev–Trinajstić information content (AvgIpc) is 2.70. The molecule has 0 aliphatic carbocycles. The molecule has 0 amide bonds. The maximum atomic E-state index is 11.9. The lowest BCUT2D eigenvalue weighted by atomic mass is 9.85. The van der Waals surface area contributed by atoms with Crippen LogP contribution in [0.5, 0.6) is 5.75 Å². The third-order valence-electron chi connectivity index (χ3n) is 4.33. The van der Waals surface area contributed by atoms with Crippen molar-refractivity contribution < 1.29 is 19.0 Å². The van der Waals surface area contributed by atoms with Crippen LogP contribution in [0.25, 0.3) is 0 Å². The third kappa shape index (κ3) is 1.82. The summed E-state index contributed by atoms with van der Waals surface area (Å²) in [6, 6.07) is 6.04. The summed E-state index contributed by atoms with van der Waals surface area (Å²) in [5, 5.41) is 0. The van der Waals surface area contributed by atoms with Crippen LogP contribution in [0, 0.1) is 5.92 Å². The van der Waals surface area contributed by atoms with Gasteiger partial charge in [-0.25, -0.2) is 0 Å². The van der Waals surface area contributed by atoms with Crippen molar-refractivity contribution in [1.29, 1.82) is 0 Å². The number of carbonyl (C=O) groups excluding carboxylic acids is 1. The number of benzene rings is 1. The maximum Gasteiger partial charge on any atom is 0.311 e. The van der Waals surface area contributed by atoms with E-state index in [0.29, 0.717) is 6.42 Å². The fraction of sp³-hybridized carbons (Fsp3) is 0.533. The molecule has 2 aliphatic rings. The zero-order valence-electron chi connectivity index (χ0n) is 11.4. The van der Waals surface area contributed by atoms with Gasteiger partial charge in [0.15, 0.2) is 0 Å². The summed E-state index contributed by atoms with van der Waals surface area (Å²) in [4.78, 5) is 11.9. The van der Waals surface area contributed by atoms with Gasteiger partial charge >= 0.3 is 5.97 Å². The van der Waals surface area contributed by atoms with Gasteiger partial charge in [-0.2, -0.15) is 0 Å². The minimum absolute atomic E-state index is 0.0343. The van der Waals surface area contributed by atoms with Gasteiger partial charge < -0.3 is 14.2 Å². The molecule has 2 bridgehead atoms. The average molecular weight is 262 g/mol. The molecule has 3 rings (SSSR count). The van der Waals surface area contributed by atoms with Crippen LogP contribution < -0.4 is 4.74 Å². The number of carbonyl (C=O) groups is 1. The van der Waals surface area contributed by atoms with E-state index < -0.39 is 5.60 Å². The van der Waals surface area contributed by atoms with Crippen molar-refractivity contribution in [2.45, 2.75) is 31.5 Å². The topological polar surface area (TPSA) is 44.8 Å². The van der Waals surface area contributed by atoms with Crippen LogP contribution in [-0.2, 0) is 20.7 Å². The van der Waals surface area contributed by atoms with E-state index in [4.69, 9.17) is 14.2 Å². The summed E-state index contributed by atoms with van der Waals surface area (Å²) >= 11 is 0. The second-order valence-corrected chi connectivity index (χ2v) is 5.47. The van der Waals surface area contributed by atoms with Crippen LogP contribution in [0.4, 0.5) is 0 Å². The molecular formula is C15H18O4. The highest BCUT2D eigenvalue weighted by Gasteiger charge is 2.53. The highest BCUT2D eigenvalue weighted by atomic mass is 16.5. The van der Waals surface area contributed by atoms with Gasteiger partial charge in [-0.1, -0.05) is 6.07 Å². The summed E-state index contributed by atoms with van der Waals surface area (Å²) in [5.74, 6) is 0.457. The fourth-order valence-electron chi connectivity index (χ4n) is 3.30. The predicted octanol–water partition coefficient (Wildman–Crippen LogP) is 2.26. The normalized spacial score (nSPS) is 31.7. The molecule has 1 fully saturated rings. The van der Waals surface area contributed by atoms with E-state index in [9.17, 15) is 4.79 Å². The Labute approximate surface area is 112 Å². The number of ether oxygens (including phenoxy) is 3. The highest BCUT2D eigenvalue weighted by Crippen LogP contribution is 2.51. The highest BCUT2D eigenvalue weighted by molar-refractivity contribution is 5.74. The van der Waals surface area contributed by atoms with E-state index >= 15 is 0 Å². The first-order valence-corrected chi connectivity index (χ1v) is 6.50. The van der Waals surface area contributed by atoms with Gasteiger partial charge in [-0.15, -0.1) is 0 Å². The molecule has 102 valence electrons. The van der Waals surface area contributed by atoms with E-state index in [1.165, 1.54) is 12.7 Å². The monoisotopic (exact) mass is 262 g/mol. The Balaban J connectivity index is 1.99. The zero-order valence-corrected chi connectivity index (χ0v) is 11.4. The molecule has 4 heteroatoms. The fourth-order valence-corrected chi connectivity index (χ4v) is 3.30. The van der Waals surface area contributed by atoms with Crippen LogP contribution >= 0.6 is 0 Å². The molecule has 0 radical (unpaired) electrons. The molecule has 1 saturated heterocycles. The molecule has 0 spiro atoms. The van der Waals surface area contributed by atoms with Crippen molar-refractivity contribution >= 4 is 5.97 Å². The molecule has 19 heavy (non-hydrogen) atoms. The standard InChI is InChI=1S/C15H18O4/c1-15-8-9-4-5-10(17-2)6-11(9)13(19-15)7-12(15)14(16)18-3/h4-6,12-13H,7-8H2,1-3H3/t12-,13+,15+/m1/s1. The third-order valence-corrected chi connectivity index (χ3v) is 4.33. The van der Waals surface area contributed by atoms with Gasteiger partial charge in [0, 0.05) is 6.42 Å². The minimum atomic E-state index is -0.445. The Morgan fingerprint density at radius 2 is 2.21 bits per heavy atom. The van der Waals surface area contributed by atoms with Crippen molar-refractivity contribution in [3.8, 4) is 5.75 Å². The number of hydrogen-bond donors (Lipinski definition) is 0. The van der Waals surface area contributed by atoms with Gasteiger partial charge in [-0.3, -0.25) is 4.79 Å². The molecular weight excluding hydrogens is 244 g/mol. The van der Waals surface area contributed by atoms with Crippen molar-refractivity contribution in [2.75, 3.05) is 14.2 Å². The molecule has 1 aromatic rings. The second kappa shape index (κ2) is 4.23. The smallest absolute Gasteiger partial charge is 0.311 e. The van der Waals surface area contributed by atoms with E-state index in [1.54, 1.807) is 7.11 Å². The molecule has 4 nitrogen and oxygen atoms in total. The van der Waals surface area contributed by atoms with Crippen molar-refractivity contribution in [1.82, 2.24) is 0 Å². The Hall–Kier alpha value is -1.55. The number of esters is 1. The summed E-state index contributed by atoms with van der Waals surface area (Å²) in [5.41, 5.74) is 1.94. The lowest BCUT2D eigenvalue weighted by Gasteiger charge is -2.34. The second-order valence-electron chi connectivity index (χ2n) is 5.47. The SMILES string of the molecule is COC(=O)[C@H]1C[C@@H]2O[C@@]1(C)Cc1ccc(OC)cc12. The van der Waals surface area contributed by atoms with E-state index in [2.05, 4.69) is 6.07 Å². The Kier molecular flexibility index (Phi) is 2.78. The van der Waals surface area contributed by atoms with Crippen molar-refractivity contribution in [3.63, 3.8) is 0 Å². The van der Waals surface area contributed by atoms with E-state index in [0.717, 1.165) is 17.7 Å². The van der Waals surface area contributed by atoms with Gasteiger partial charge in [0.05, 0.1) is 31.8 Å². The van der Waals surface area contributed by atoms with Crippen LogP contribution in [0.2, 0.25) is 0 Å². The first-order valence-electron chi connectivity index (χ1n) is 6.50. The van der Waals surface area contributed by atoms with Crippen LogP contribution in [0.3, 0.4) is 0 Å². The van der Waals surface area contributed by atoms with Crippen LogP contribution in [0.15, 0.2) is 18.2 Å². The molecule has 2 aliphatic heterocycles. The quantitative estimate of drug-likeness (QED) is 0.767. The first kappa shape index (κ1) is 12.5. The molecule has 1 aromatic carbocycles. The number of hydrogen-bond acceptors (Lipinski definition) is 4. The predicted molar refractivity (Wildman–Crippen MR) is 69.1 cm³/mol. The van der Waals surface area contributed by atoms with Gasteiger partial charge in [-0.05, 0) is 36.6 Å². The van der Waals surface area contributed by atoms with E-state index in [1.807, 2.05) is 19.1 Å². The minimum Gasteiger partial charge on any atom is -0.497 e. The molecule has 0 aromatic heterocycles.